The summed E-state index contributed by atoms with van der Waals surface area (Å²) in [6.45, 7) is 7.88. The number of benzene rings is 1. The van der Waals surface area contributed by atoms with Crippen molar-refractivity contribution in [2.24, 2.45) is 5.92 Å². The van der Waals surface area contributed by atoms with Crippen LogP contribution < -0.4 is 10.2 Å². The minimum atomic E-state index is -0.467. The highest BCUT2D eigenvalue weighted by molar-refractivity contribution is 6.08. The highest BCUT2D eigenvalue weighted by atomic mass is 16.2. The number of anilines is 1. The molecule has 1 aliphatic rings. The monoisotopic (exact) mass is 288 g/mol. The Balaban J connectivity index is 2.43. The predicted molar refractivity (Wildman–Crippen MR) is 84.2 cm³/mol. The lowest BCUT2D eigenvalue weighted by atomic mass is 9.93. The lowest BCUT2D eigenvalue weighted by Gasteiger charge is -2.40. The molecule has 0 radical (unpaired) electrons. The first-order chi connectivity index (χ1) is 10.0. The van der Waals surface area contributed by atoms with E-state index in [2.05, 4.69) is 12.2 Å². The Morgan fingerprint density at radius 2 is 1.90 bits per heavy atom. The molecule has 1 saturated heterocycles. The highest BCUT2D eigenvalue weighted by Gasteiger charge is 2.41. The van der Waals surface area contributed by atoms with Gasteiger partial charge in [0.05, 0.1) is 0 Å². The van der Waals surface area contributed by atoms with Crippen molar-refractivity contribution in [3.8, 4) is 0 Å². The number of aryl methyl sites for hydroxylation is 1. The van der Waals surface area contributed by atoms with Crippen LogP contribution in [0.25, 0.3) is 0 Å². The Morgan fingerprint density at radius 3 is 2.52 bits per heavy atom. The number of rotatable bonds is 4. The van der Waals surface area contributed by atoms with Gasteiger partial charge in [-0.25, -0.2) is 0 Å². The largest absolute Gasteiger partial charge is 0.342 e. The smallest absolute Gasteiger partial charge is 0.250 e. The van der Waals surface area contributed by atoms with Crippen LogP contribution in [0.4, 0.5) is 5.69 Å². The van der Waals surface area contributed by atoms with E-state index in [4.69, 9.17) is 0 Å². The molecular formula is C17H24N2O2. The molecule has 0 spiro atoms. The molecule has 0 saturated carbocycles. The third kappa shape index (κ3) is 2.80. The van der Waals surface area contributed by atoms with Crippen molar-refractivity contribution < 1.29 is 9.59 Å². The van der Waals surface area contributed by atoms with E-state index in [0.717, 1.165) is 24.1 Å². The molecule has 3 unspecified atom stereocenters. The number of hydrogen-bond acceptors (Lipinski definition) is 2. The molecule has 1 N–H and O–H groups in total. The summed E-state index contributed by atoms with van der Waals surface area (Å²) in [4.78, 5) is 26.8. The molecule has 21 heavy (non-hydrogen) atoms. The molecule has 3 atom stereocenters. The number of piperazine rings is 1. The number of carbonyl (C=O) groups excluding carboxylic acids is 2. The van der Waals surface area contributed by atoms with Crippen LogP contribution >= 0.6 is 0 Å². The number of carbonyl (C=O) groups is 2. The van der Waals surface area contributed by atoms with Gasteiger partial charge in [-0.15, -0.1) is 0 Å². The van der Waals surface area contributed by atoms with Gasteiger partial charge < -0.3 is 5.32 Å². The van der Waals surface area contributed by atoms with Gasteiger partial charge in [-0.1, -0.05) is 45.4 Å². The first kappa shape index (κ1) is 15.5. The Kier molecular flexibility index (Phi) is 4.66. The van der Waals surface area contributed by atoms with E-state index in [-0.39, 0.29) is 17.7 Å². The van der Waals surface area contributed by atoms with Crippen molar-refractivity contribution in [1.29, 1.82) is 0 Å². The van der Waals surface area contributed by atoms with E-state index in [1.165, 1.54) is 0 Å². The third-order valence-electron chi connectivity index (χ3n) is 4.41. The zero-order valence-electron chi connectivity index (χ0n) is 13.2. The summed E-state index contributed by atoms with van der Waals surface area (Å²) in [5, 5.41) is 2.87. The fourth-order valence-electron chi connectivity index (χ4n) is 2.79. The summed E-state index contributed by atoms with van der Waals surface area (Å²) >= 11 is 0. The molecule has 4 nitrogen and oxygen atoms in total. The van der Waals surface area contributed by atoms with Crippen molar-refractivity contribution in [3.05, 3.63) is 29.8 Å². The molecule has 0 aromatic heterocycles. The third-order valence-corrected chi connectivity index (χ3v) is 4.41. The summed E-state index contributed by atoms with van der Waals surface area (Å²) in [5.74, 6) is 0.0494. The Hall–Kier alpha value is -1.84. The molecule has 2 amide bonds. The minimum absolute atomic E-state index is 0.00245. The van der Waals surface area contributed by atoms with Crippen LogP contribution in [0.5, 0.6) is 0 Å². The molecule has 0 bridgehead atoms. The lowest BCUT2D eigenvalue weighted by molar-refractivity contribution is -0.134. The van der Waals surface area contributed by atoms with Crippen LogP contribution in [0, 0.1) is 5.92 Å². The molecule has 1 aliphatic heterocycles. The fourth-order valence-corrected chi connectivity index (χ4v) is 2.79. The van der Waals surface area contributed by atoms with Gasteiger partial charge in [0.2, 0.25) is 5.91 Å². The molecule has 1 aromatic carbocycles. The van der Waals surface area contributed by atoms with Gasteiger partial charge in [-0.2, -0.15) is 0 Å². The van der Waals surface area contributed by atoms with Gasteiger partial charge in [0.15, 0.2) is 0 Å². The fraction of sp³-hybridized carbons (Fsp3) is 0.529. The normalized spacial score (nSPS) is 23.9. The second-order valence-corrected chi connectivity index (χ2v) is 5.74. The van der Waals surface area contributed by atoms with Crippen LogP contribution in [-0.2, 0) is 16.0 Å². The van der Waals surface area contributed by atoms with E-state index in [1.807, 2.05) is 38.1 Å². The standard InChI is InChI=1S/C17H24N2O2/c1-5-11(3)15-17(21)19(12(4)16(20)18-15)14-10-8-7-9-13(14)6-2/h7-12,15H,5-6H2,1-4H3,(H,18,20). The maximum Gasteiger partial charge on any atom is 0.250 e. The Bertz CT molecular complexity index is 541. The zero-order valence-corrected chi connectivity index (χ0v) is 13.2. The quantitative estimate of drug-likeness (QED) is 0.925. The maximum atomic E-state index is 12.9. The first-order valence-electron chi connectivity index (χ1n) is 7.72. The van der Waals surface area contributed by atoms with Crippen LogP contribution in [-0.4, -0.2) is 23.9 Å². The highest BCUT2D eigenvalue weighted by Crippen LogP contribution is 2.28. The van der Waals surface area contributed by atoms with E-state index in [9.17, 15) is 9.59 Å². The van der Waals surface area contributed by atoms with Crippen molar-refractivity contribution in [2.45, 2.75) is 52.6 Å². The topological polar surface area (TPSA) is 49.4 Å². The zero-order chi connectivity index (χ0) is 15.6. The summed E-state index contributed by atoms with van der Waals surface area (Å²) in [7, 11) is 0. The number of hydrogen-bond donors (Lipinski definition) is 1. The van der Waals surface area contributed by atoms with Gasteiger partial charge in [0, 0.05) is 5.69 Å². The minimum Gasteiger partial charge on any atom is -0.342 e. The summed E-state index contributed by atoms with van der Waals surface area (Å²) in [6, 6.07) is 6.93. The Morgan fingerprint density at radius 1 is 1.24 bits per heavy atom. The van der Waals surface area contributed by atoms with E-state index < -0.39 is 12.1 Å². The van der Waals surface area contributed by atoms with Crippen molar-refractivity contribution in [2.75, 3.05) is 4.90 Å². The lowest BCUT2D eigenvalue weighted by Crippen LogP contribution is -2.64. The molecule has 4 heteroatoms. The van der Waals surface area contributed by atoms with Crippen LogP contribution in [0.1, 0.15) is 39.7 Å². The number of nitrogens with zero attached hydrogens (tertiary/aromatic N) is 1. The second-order valence-electron chi connectivity index (χ2n) is 5.74. The number of amides is 2. The summed E-state index contributed by atoms with van der Waals surface area (Å²) in [5.41, 5.74) is 1.95. The van der Waals surface area contributed by atoms with Crippen LogP contribution in [0.2, 0.25) is 0 Å². The molecular weight excluding hydrogens is 264 g/mol. The molecule has 1 heterocycles. The van der Waals surface area contributed by atoms with Gasteiger partial charge in [0.1, 0.15) is 12.1 Å². The van der Waals surface area contributed by atoms with Crippen molar-refractivity contribution in [1.82, 2.24) is 5.32 Å². The van der Waals surface area contributed by atoms with E-state index >= 15 is 0 Å². The van der Waals surface area contributed by atoms with Crippen molar-refractivity contribution in [3.63, 3.8) is 0 Å². The SMILES string of the molecule is CCc1ccccc1N1C(=O)C(C(C)CC)NC(=O)C1C. The average Bonchev–Trinajstić information content (AvgIpc) is 2.50. The molecule has 114 valence electrons. The van der Waals surface area contributed by atoms with E-state index in [0.29, 0.717) is 0 Å². The van der Waals surface area contributed by atoms with Crippen LogP contribution in [0.3, 0.4) is 0 Å². The van der Waals surface area contributed by atoms with Gasteiger partial charge in [0.25, 0.3) is 5.91 Å². The van der Waals surface area contributed by atoms with Gasteiger partial charge in [-0.3, -0.25) is 14.5 Å². The average molecular weight is 288 g/mol. The number of nitrogens with one attached hydrogen (secondary N) is 1. The summed E-state index contributed by atoms with van der Waals surface area (Å²) in [6.07, 6.45) is 1.69. The molecule has 2 rings (SSSR count). The predicted octanol–water partition coefficient (Wildman–Crippen LogP) is 2.52. The van der Waals surface area contributed by atoms with Gasteiger partial charge >= 0.3 is 0 Å². The van der Waals surface area contributed by atoms with Crippen molar-refractivity contribution >= 4 is 17.5 Å². The summed E-state index contributed by atoms with van der Waals surface area (Å²) < 4.78 is 0. The Labute approximate surface area is 126 Å². The van der Waals surface area contributed by atoms with Crippen LogP contribution in [0.15, 0.2) is 24.3 Å². The van der Waals surface area contributed by atoms with Gasteiger partial charge in [-0.05, 0) is 30.9 Å². The number of para-hydroxylation sites is 1. The molecule has 1 aromatic rings. The van der Waals surface area contributed by atoms with E-state index in [1.54, 1.807) is 11.8 Å². The molecule has 0 aliphatic carbocycles. The molecule has 1 fully saturated rings. The second kappa shape index (κ2) is 6.29. The first-order valence-corrected chi connectivity index (χ1v) is 7.72. The maximum absolute atomic E-state index is 12.9.